The quantitative estimate of drug-likeness (QED) is 0.853. The van der Waals surface area contributed by atoms with Crippen molar-refractivity contribution >= 4 is 11.8 Å². The minimum Gasteiger partial charge on any atom is -0.495 e. The number of methoxy groups -OCH3 is 1. The molecule has 24 heavy (non-hydrogen) atoms. The molecule has 0 radical (unpaired) electrons. The molecule has 2 aromatic rings. The molecule has 2 heterocycles. The van der Waals surface area contributed by atoms with Gasteiger partial charge in [-0.25, -0.2) is 9.48 Å². The van der Waals surface area contributed by atoms with E-state index in [4.69, 9.17) is 4.74 Å². The van der Waals surface area contributed by atoms with Crippen molar-refractivity contribution in [2.24, 2.45) is 5.92 Å². The predicted octanol–water partition coefficient (Wildman–Crippen LogP) is 3.14. The average Bonchev–Trinajstić information content (AvgIpc) is 3.34. The largest absolute Gasteiger partial charge is 0.495 e. The van der Waals surface area contributed by atoms with Gasteiger partial charge >= 0.3 is 6.03 Å². The van der Waals surface area contributed by atoms with E-state index in [9.17, 15) is 4.79 Å². The lowest BCUT2D eigenvalue weighted by molar-refractivity contribution is 0.248. The minimum atomic E-state index is -0.272. The van der Waals surface area contributed by atoms with Crippen molar-refractivity contribution in [3.63, 3.8) is 0 Å². The zero-order valence-electron chi connectivity index (χ0n) is 14.2. The third-order valence-electron chi connectivity index (χ3n) is 4.45. The molecule has 2 N–H and O–H groups in total. The summed E-state index contributed by atoms with van der Waals surface area (Å²) in [6.07, 6.45) is 7.49. The number of nitrogens with one attached hydrogen (secondary N) is 2. The predicted molar refractivity (Wildman–Crippen MR) is 91.0 cm³/mol. The maximum absolute atomic E-state index is 12.3. The zero-order valence-corrected chi connectivity index (χ0v) is 14.2. The van der Waals surface area contributed by atoms with Crippen molar-refractivity contribution < 1.29 is 9.53 Å². The first-order valence-electron chi connectivity index (χ1n) is 8.19. The van der Waals surface area contributed by atoms with Crippen LogP contribution in [0.25, 0.3) is 0 Å². The molecule has 0 saturated heterocycles. The fraction of sp³-hybridized carbons (Fsp3) is 0.471. The van der Waals surface area contributed by atoms with Gasteiger partial charge in [-0.15, -0.1) is 0 Å². The number of carbonyl (C=O) groups is 1. The normalized spacial score (nSPS) is 16.3. The Hall–Kier alpha value is -2.57. The molecule has 128 valence electrons. The molecule has 3 rings (SSSR count). The molecule has 1 aliphatic rings. The van der Waals surface area contributed by atoms with Crippen molar-refractivity contribution in [2.75, 3.05) is 12.4 Å². The van der Waals surface area contributed by atoms with E-state index in [1.807, 2.05) is 23.7 Å². The number of carbonyl (C=O) groups excluding carboxylic acids is 1. The van der Waals surface area contributed by atoms with Crippen LogP contribution in [-0.4, -0.2) is 27.9 Å². The summed E-state index contributed by atoms with van der Waals surface area (Å²) in [5.41, 5.74) is 0.877. The Bertz CT molecular complexity index is 711. The van der Waals surface area contributed by atoms with Crippen molar-refractivity contribution in [1.29, 1.82) is 0 Å². The first-order valence-corrected chi connectivity index (χ1v) is 8.19. The first-order chi connectivity index (χ1) is 11.6. The van der Waals surface area contributed by atoms with Gasteiger partial charge in [0, 0.05) is 17.8 Å². The number of anilines is 1. The van der Waals surface area contributed by atoms with Gasteiger partial charge in [0.1, 0.15) is 11.6 Å². The molecule has 1 aliphatic carbocycles. The standard InChI is InChI=1S/C17H23N5O2/c1-11(14-6-8-18-10-15(14)24-3)20-17(23)21-16-7-9-19-22(16)12(2)13-4-5-13/h6-13H,4-5H2,1-3H3,(H2,20,21,23)/t11-,12-/m0/s1. The molecule has 0 spiro atoms. The number of hydrogen-bond acceptors (Lipinski definition) is 4. The van der Waals surface area contributed by atoms with E-state index >= 15 is 0 Å². The molecular formula is C17H23N5O2. The second-order valence-corrected chi connectivity index (χ2v) is 6.18. The highest BCUT2D eigenvalue weighted by molar-refractivity contribution is 5.88. The molecule has 2 atom stereocenters. The zero-order chi connectivity index (χ0) is 17.1. The second kappa shape index (κ2) is 6.90. The highest BCUT2D eigenvalue weighted by atomic mass is 16.5. The van der Waals surface area contributed by atoms with Gasteiger partial charge in [0.05, 0.1) is 31.6 Å². The third kappa shape index (κ3) is 3.50. The van der Waals surface area contributed by atoms with Crippen LogP contribution in [0.3, 0.4) is 0 Å². The van der Waals surface area contributed by atoms with E-state index in [1.54, 1.807) is 25.7 Å². The van der Waals surface area contributed by atoms with Crippen LogP contribution in [0.4, 0.5) is 10.6 Å². The number of hydrogen-bond donors (Lipinski definition) is 2. The smallest absolute Gasteiger partial charge is 0.320 e. The molecule has 0 aromatic carbocycles. The topological polar surface area (TPSA) is 81.1 Å². The number of urea groups is 1. The van der Waals surface area contributed by atoms with Crippen LogP contribution >= 0.6 is 0 Å². The maximum Gasteiger partial charge on any atom is 0.320 e. The lowest BCUT2D eigenvalue weighted by Gasteiger charge is -2.19. The summed E-state index contributed by atoms with van der Waals surface area (Å²) in [7, 11) is 1.59. The summed E-state index contributed by atoms with van der Waals surface area (Å²) in [5.74, 6) is 2.02. The molecule has 2 amide bonds. The average molecular weight is 329 g/mol. The molecule has 7 heteroatoms. The van der Waals surface area contributed by atoms with Crippen molar-refractivity contribution in [3.05, 3.63) is 36.3 Å². The minimum absolute atomic E-state index is 0.208. The molecule has 7 nitrogen and oxygen atoms in total. The van der Waals surface area contributed by atoms with Crippen LogP contribution in [0.1, 0.15) is 44.3 Å². The van der Waals surface area contributed by atoms with Gasteiger partial charge in [-0.2, -0.15) is 5.10 Å². The van der Waals surface area contributed by atoms with Crippen molar-refractivity contribution in [1.82, 2.24) is 20.1 Å². The van der Waals surface area contributed by atoms with Crippen LogP contribution < -0.4 is 15.4 Å². The van der Waals surface area contributed by atoms with Crippen LogP contribution in [0.5, 0.6) is 5.75 Å². The molecule has 0 bridgehead atoms. The van der Waals surface area contributed by atoms with Gasteiger partial charge in [0.2, 0.25) is 0 Å². The SMILES string of the molecule is COc1cnccc1[C@H](C)NC(=O)Nc1ccnn1[C@@H](C)C1CC1. The fourth-order valence-electron chi connectivity index (χ4n) is 2.86. The Kier molecular flexibility index (Phi) is 4.69. The molecule has 1 saturated carbocycles. The summed E-state index contributed by atoms with van der Waals surface area (Å²) in [5, 5.41) is 10.1. The summed E-state index contributed by atoms with van der Waals surface area (Å²) < 4.78 is 7.17. The number of rotatable bonds is 6. The summed E-state index contributed by atoms with van der Waals surface area (Å²) in [6.45, 7) is 4.04. The summed E-state index contributed by atoms with van der Waals surface area (Å²) in [6, 6.07) is 3.47. The van der Waals surface area contributed by atoms with Gasteiger partial charge in [0.25, 0.3) is 0 Å². The van der Waals surface area contributed by atoms with Gasteiger partial charge in [0.15, 0.2) is 0 Å². The Morgan fingerprint density at radius 1 is 1.33 bits per heavy atom. The van der Waals surface area contributed by atoms with Crippen LogP contribution in [0.2, 0.25) is 0 Å². The van der Waals surface area contributed by atoms with Crippen LogP contribution in [0.15, 0.2) is 30.7 Å². The third-order valence-corrected chi connectivity index (χ3v) is 4.45. The number of ether oxygens (including phenoxy) is 1. The Labute approximate surface area is 141 Å². The number of amides is 2. The fourth-order valence-corrected chi connectivity index (χ4v) is 2.86. The van der Waals surface area contributed by atoms with E-state index < -0.39 is 0 Å². The molecule has 0 aliphatic heterocycles. The van der Waals surface area contributed by atoms with E-state index in [0.717, 1.165) is 5.56 Å². The van der Waals surface area contributed by atoms with Crippen LogP contribution in [0, 0.1) is 5.92 Å². The van der Waals surface area contributed by atoms with Gasteiger partial charge in [-0.1, -0.05) is 0 Å². The van der Waals surface area contributed by atoms with Crippen molar-refractivity contribution in [3.8, 4) is 5.75 Å². The number of nitrogens with zero attached hydrogens (tertiary/aromatic N) is 3. The van der Waals surface area contributed by atoms with E-state index in [1.165, 1.54) is 12.8 Å². The van der Waals surface area contributed by atoms with Crippen LogP contribution in [-0.2, 0) is 0 Å². The molecule has 2 aromatic heterocycles. The molecule has 0 unspecified atom stereocenters. The molecule has 1 fully saturated rings. The van der Waals surface area contributed by atoms with Crippen molar-refractivity contribution in [2.45, 2.75) is 38.8 Å². The Morgan fingerprint density at radius 2 is 2.12 bits per heavy atom. The van der Waals surface area contributed by atoms with E-state index in [0.29, 0.717) is 23.5 Å². The van der Waals surface area contributed by atoms with Gasteiger partial charge in [-0.3, -0.25) is 10.3 Å². The lowest BCUT2D eigenvalue weighted by atomic mass is 10.1. The lowest BCUT2D eigenvalue weighted by Crippen LogP contribution is -2.32. The monoisotopic (exact) mass is 329 g/mol. The van der Waals surface area contributed by atoms with Gasteiger partial charge < -0.3 is 10.1 Å². The second-order valence-electron chi connectivity index (χ2n) is 6.18. The van der Waals surface area contributed by atoms with Gasteiger partial charge in [-0.05, 0) is 38.7 Å². The summed E-state index contributed by atoms with van der Waals surface area (Å²) in [4.78, 5) is 16.4. The molecular weight excluding hydrogens is 306 g/mol. The van der Waals surface area contributed by atoms with E-state index in [-0.39, 0.29) is 12.1 Å². The maximum atomic E-state index is 12.3. The van der Waals surface area contributed by atoms with E-state index in [2.05, 4.69) is 27.6 Å². The summed E-state index contributed by atoms with van der Waals surface area (Å²) >= 11 is 0. The number of aromatic nitrogens is 3. The number of pyridine rings is 1. The Balaban J connectivity index is 1.64. The highest BCUT2D eigenvalue weighted by Crippen LogP contribution is 2.40. The highest BCUT2D eigenvalue weighted by Gasteiger charge is 2.30. The first kappa shape index (κ1) is 16.3. The Morgan fingerprint density at radius 3 is 2.83 bits per heavy atom.